The zero-order chi connectivity index (χ0) is 9.14. The second kappa shape index (κ2) is 3.92. The Balaban J connectivity index is 2.18. The maximum absolute atomic E-state index is 11.2. The van der Waals surface area contributed by atoms with Crippen LogP contribution in [-0.2, 0) is 9.53 Å². The Morgan fingerprint density at radius 2 is 2.25 bits per heavy atom. The third-order valence-corrected chi connectivity index (χ3v) is 2.29. The lowest BCUT2D eigenvalue weighted by molar-refractivity contribution is -0.145. The van der Waals surface area contributed by atoms with E-state index in [-0.39, 0.29) is 11.9 Å². The highest BCUT2D eigenvalue weighted by molar-refractivity contribution is 5.75. The molecule has 12 heavy (non-hydrogen) atoms. The summed E-state index contributed by atoms with van der Waals surface area (Å²) >= 11 is 0. The first kappa shape index (κ1) is 9.56. The van der Waals surface area contributed by atoms with Crippen molar-refractivity contribution in [2.75, 3.05) is 6.61 Å². The SMILES string of the molecule is CCOC(=O)C1CC1CC(C)C. The molecule has 2 heteroatoms. The monoisotopic (exact) mass is 170 g/mol. The lowest BCUT2D eigenvalue weighted by atomic mass is 10.1. The smallest absolute Gasteiger partial charge is 0.309 e. The molecular formula is C10H18O2. The molecule has 1 rings (SSSR count). The van der Waals surface area contributed by atoms with E-state index in [0.717, 1.165) is 6.42 Å². The normalized spacial score (nSPS) is 27.3. The molecule has 2 atom stereocenters. The molecule has 0 N–H and O–H groups in total. The average Bonchev–Trinajstić information content (AvgIpc) is 2.67. The summed E-state index contributed by atoms with van der Waals surface area (Å²) in [6.45, 7) is 6.77. The third kappa shape index (κ3) is 2.50. The standard InChI is InChI=1S/C10H18O2/c1-4-12-10(11)9-6-8(9)5-7(2)3/h7-9H,4-6H2,1-3H3. The van der Waals surface area contributed by atoms with Gasteiger partial charge in [-0.05, 0) is 31.6 Å². The number of rotatable bonds is 4. The zero-order valence-corrected chi connectivity index (χ0v) is 8.17. The van der Waals surface area contributed by atoms with E-state index in [1.807, 2.05) is 6.92 Å². The van der Waals surface area contributed by atoms with E-state index in [4.69, 9.17) is 4.74 Å². The molecular weight excluding hydrogens is 152 g/mol. The number of hydrogen-bond acceptors (Lipinski definition) is 2. The Labute approximate surface area is 74.3 Å². The topological polar surface area (TPSA) is 26.3 Å². The van der Waals surface area contributed by atoms with Crippen LogP contribution in [0, 0.1) is 17.8 Å². The Morgan fingerprint density at radius 3 is 2.75 bits per heavy atom. The second-order valence-corrected chi connectivity index (χ2v) is 3.98. The summed E-state index contributed by atoms with van der Waals surface area (Å²) in [6, 6.07) is 0. The van der Waals surface area contributed by atoms with Crippen molar-refractivity contribution in [3.63, 3.8) is 0 Å². The van der Waals surface area contributed by atoms with Gasteiger partial charge in [0.15, 0.2) is 0 Å². The minimum atomic E-state index is 0.0168. The highest BCUT2D eigenvalue weighted by atomic mass is 16.5. The van der Waals surface area contributed by atoms with E-state index in [1.54, 1.807) is 0 Å². The van der Waals surface area contributed by atoms with Gasteiger partial charge in [-0.2, -0.15) is 0 Å². The van der Waals surface area contributed by atoms with Gasteiger partial charge in [-0.25, -0.2) is 0 Å². The van der Waals surface area contributed by atoms with Gasteiger partial charge in [0.05, 0.1) is 12.5 Å². The lowest BCUT2D eigenvalue weighted by Gasteiger charge is -2.03. The van der Waals surface area contributed by atoms with Crippen LogP contribution in [-0.4, -0.2) is 12.6 Å². The van der Waals surface area contributed by atoms with Gasteiger partial charge >= 0.3 is 5.97 Å². The van der Waals surface area contributed by atoms with Crippen LogP contribution in [0.15, 0.2) is 0 Å². The Kier molecular flexibility index (Phi) is 3.12. The Bertz CT molecular complexity index is 163. The number of ether oxygens (including phenoxy) is 1. The van der Waals surface area contributed by atoms with E-state index in [1.165, 1.54) is 6.42 Å². The van der Waals surface area contributed by atoms with Crippen LogP contribution in [0.4, 0.5) is 0 Å². The summed E-state index contributed by atoms with van der Waals surface area (Å²) in [5, 5.41) is 0. The molecule has 0 amide bonds. The predicted molar refractivity (Wildman–Crippen MR) is 47.7 cm³/mol. The first-order valence-corrected chi connectivity index (χ1v) is 4.81. The zero-order valence-electron chi connectivity index (χ0n) is 8.17. The molecule has 1 aliphatic carbocycles. The van der Waals surface area contributed by atoms with Crippen LogP contribution < -0.4 is 0 Å². The molecule has 0 radical (unpaired) electrons. The van der Waals surface area contributed by atoms with Crippen molar-refractivity contribution >= 4 is 5.97 Å². The van der Waals surface area contributed by atoms with Crippen molar-refractivity contribution in [3.8, 4) is 0 Å². The van der Waals surface area contributed by atoms with Crippen molar-refractivity contribution in [2.24, 2.45) is 17.8 Å². The first-order valence-electron chi connectivity index (χ1n) is 4.81. The maximum Gasteiger partial charge on any atom is 0.309 e. The summed E-state index contributed by atoms with van der Waals surface area (Å²) < 4.78 is 4.94. The fourth-order valence-corrected chi connectivity index (χ4v) is 1.65. The van der Waals surface area contributed by atoms with Crippen LogP contribution >= 0.6 is 0 Å². The maximum atomic E-state index is 11.2. The number of carbonyl (C=O) groups excluding carboxylic acids is 1. The van der Waals surface area contributed by atoms with Gasteiger partial charge in [0.2, 0.25) is 0 Å². The van der Waals surface area contributed by atoms with Crippen LogP contribution in [0.2, 0.25) is 0 Å². The van der Waals surface area contributed by atoms with Crippen molar-refractivity contribution < 1.29 is 9.53 Å². The fraction of sp³-hybridized carbons (Fsp3) is 0.900. The Hall–Kier alpha value is -0.530. The summed E-state index contributed by atoms with van der Waals surface area (Å²) in [6.07, 6.45) is 2.22. The molecule has 70 valence electrons. The molecule has 0 aromatic carbocycles. The molecule has 0 spiro atoms. The van der Waals surface area contributed by atoms with E-state index in [9.17, 15) is 4.79 Å². The van der Waals surface area contributed by atoms with E-state index in [2.05, 4.69) is 13.8 Å². The first-order chi connectivity index (χ1) is 5.65. The lowest BCUT2D eigenvalue weighted by Crippen LogP contribution is -2.08. The van der Waals surface area contributed by atoms with Crippen LogP contribution in [0.3, 0.4) is 0 Å². The molecule has 0 aromatic heterocycles. The summed E-state index contributed by atoms with van der Waals surface area (Å²) in [4.78, 5) is 11.2. The van der Waals surface area contributed by atoms with Crippen LogP contribution in [0.5, 0.6) is 0 Å². The molecule has 1 aliphatic rings. The van der Waals surface area contributed by atoms with Gasteiger partial charge in [0, 0.05) is 0 Å². The predicted octanol–water partition coefficient (Wildman–Crippen LogP) is 2.23. The van der Waals surface area contributed by atoms with Gasteiger partial charge in [-0.3, -0.25) is 4.79 Å². The number of hydrogen-bond donors (Lipinski definition) is 0. The molecule has 1 saturated carbocycles. The number of carbonyl (C=O) groups is 1. The van der Waals surface area contributed by atoms with Gasteiger partial charge in [-0.1, -0.05) is 13.8 Å². The van der Waals surface area contributed by atoms with Crippen molar-refractivity contribution in [2.45, 2.75) is 33.6 Å². The molecule has 2 unspecified atom stereocenters. The molecule has 1 fully saturated rings. The van der Waals surface area contributed by atoms with Crippen molar-refractivity contribution in [1.29, 1.82) is 0 Å². The van der Waals surface area contributed by atoms with E-state index < -0.39 is 0 Å². The highest BCUT2D eigenvalue weighted by Crippen LogP contribution is 2.43. The van der Waals surface area contributed by atoms with Gasteiger partial charge in [-0.15, -0.1) is 0 Å². The fourth-order valence-electron chi connectivity index (χ4n) is 1.65. The minimum absolute atomic E-state index is 0.0168. The average molecular weight is 170 g/mol. The second-order valence-electron chi connectivity index (χ2n) is 3.98. The molecule has 0 saturated heterocycles. The summed E-state index contributed by atoms with van der Waals surface area (Å²) in [5.74, 6) is 1.56. The largest absolute Gasteiger partial charge is 0.466 e. The van der Waals surface area contributed by atoms with Crippen molar-refractivity contribution in [3.05, 3.63) is 0 Å². The van der Waals surface area contributed by atoms with Gasteiger partial charge in [0.1, 0.15) is 0 Å². The van der Waals surface area contributed by atoms with Crippen molar-refractivity contribution in [1.82, 2.24) is 0 Å². The molecule has 0 heterocycles. The van der Waals surface area contributed by atoms with E-state index in [0.29, 0.717) is 18.4 Å². The number of esters is 1. The highest BCUT2D eigenvalue weighted by Gasteiger charge is 2.43. The molecule has 0 bridgehead atoms. The summed E-state index contributed by atoms with van der Waals surface area (Å²) in [7, 11) is 0. The van der Waals surface area contributed by atoms with Gasteiger partial charge < -0.3 is 4.74 Å². The molecule has 0 aromatic rings. The summed E-state index contributed by atoms with van der Waals surface area (Å²) in [5.41, 5.74) is 0. The van der Waals surface area contributed by atoms with Gasteiger partial charge in [0.25, 0.3) is 0 Å². The minimum Gasteiger partial charge on any atom is -0.466 e. The molecule has 2 nitrogen and oxygen atoms in total. The van der Waals surface area contributed by atoms with Crippen LogP contribution in [0.25, 0.3) is 0 Å². The third-order valence-electron chi connectivity index (χ3n) is 2.29. The molecule has 0 aliphatic heterocycles. The quantitative estimate of drug-likeness (QED) is 0.605. The van der Waals surface area contributed by atoms with Crippen LogP contribution in [0.1, 0.15) is 33.6 Å². The van der Waals surface area contributed by atoms with E-state index >= 15 is 0 Å². The Morgan fingerprint density at radius 1 is 1.58 bits per heavy atom.